The fourth-order valence-corrected chi connectivity index (χ4v) is 5.31. The highest BCUT2D eigenvalue weighted by atomic mass is 32.1. The minimum atomic E-state index is 0.210. The van der Waals surface area contributed by atoms with Gasteiger partial charge in [-0.05, 0) is 51.4 Å². The summed E-state index contributed by atoms with van der Waals surface area (Å²) in [5.41, 5.74) is 2.50. The summed E-state index contributed by atoms with van der Waals surface area (Å²) in [6.07, 6.45) is 3.50. The van der Waals surface area contributed by atoms with Crippen molar-refractivity contribution < 1.29 is 4.74 Å². The van der Waals surface area contributed by atoms with Crippen molar-refractivity contribution in [2.45, 2.75) is 45.7 Å². The predicted molar refractivity (Wildman–Crippen MR) is 114 cm³/mol. The Kier molecular flexibility index (Phi) is 4.69. The Morgan fingerprint density at radius 2 is 2.00 bits per heavy atom. The van der Waals surface area contributed by atoms with E-state index in [0.717, 1.165) is 54.9 Å². The van der Waals surface area contributed by atoms with Gasteiger partial charge in [-0.1, -0.05) is 18.2 Å². The van der Waals surface area contributed by atoms with Gasteiger partial charge in [-0.2, -0.15) is 0 Å². The molecule has 5 nitrogen and oxygen atoms in total. The first-order chi connectivity index (χ1) is 13.7. The number of fused-ring (bicyclic) bond motifs is 2. The Labute approximate surface area is 169 Å². The van der Waals surface area contributed by atoms with Crippen molar-refractivity contribution in [2.24, 2.45) is 0 Å². The number of nitrogens with zero attached hydrogens (tertiary/aromatic N) is 3. The maximum Gasteiger partial charge on any atom is 0.146 e. The highest BCUT2D eigenvalue weighted by Crippen LogP contribution is 2.38. The Hall–Kier alpha value is -2.18. The van der Waals surface area contributed by atoms with Gasteiger partial charge < -0.3 is 10.1 Å². The summed E-state index contributed by atoms with van der Waals surface area (Å²) in [7, 11) is 0. The number of hydrogen-bond acceptors (Lipinski definition) is 6. The normalized spacial score (nSPS) is 19.6. The molecular weight excluding hydrogens is 368 g/mol. The molecule has 146 valence electrons. The monoisotopic (exact) mass is 394 g/mol. The number of rotatable bonds is 4. The zero-order chi connectivity index (χ0) is 19.1. The third-order valence-electron chi connectivity index (χ3n) is 5.91. The summed E-state index contributed by atoms with van der Waals surface area (Å²) in [4.78, 5) is 14.8. The van der Waals surface area contributed by atoms with Crippen LogP contribution in [0.2, 0.25) is 0 Å². The van der Waals surface area contributed by atoms with Gasteiger partial charge in [0.05, 0.1) is 24.6 Å². The Morgan fingerprint density at radius 1 is 1.18 bits per heavy atom. The molecule has 2 aromatic heterocycles. The fraction of sp³-hybridized carbons (Fsp3) is 0.455. The lowest BCUT2D eigenvalue weighted by Crippen LogP contribution is -2.23. The molecule has 1 fully saturated rings. The first-order valence-electron chi connectivity index (χ1n) is 10.2. The number of para-hydroxylation sites is 1. The first-order valence-corrected chi connectivity index (χ1v) is 11.0. The van der Waals surface area contributed by atoms with Crippen LogP contribution in [0.3, 0.4) is 0 Å². The molecule has 4 heterocycles. The molecule has 0 amide bonds. The zero-order valence-corrected chi connectivity index (χ0v) is 17.3. The van der Waals surface area contributed by atoms with E-state index in [1.54, 1.807) is 11.3 Å². The van der Waals surface area contributed by atoms with Gasteiger partial charge in [-0.15, -0.1) is 11.3 Å². The molecule has 6 heteroatoms. The third-order valence-corrected chi connectivity index (χ3v) is 7.01. The van der Waals surface area contributed by atoms with Crippen LogP contribution in [-0.4, -0.2) is 34.6 Å². The molecule has 3 aromatic rings. The number of aryl methyl sites for hydroxylation is 2. The van der Waals surface area contributed by atoms with Crippen molar-refractivity contribution in [3.8, 4) is 5.75 Å². The Balaban J connectivity index is 1.54. The summed E-state index contributed by atoms with van der Waals surface area (Å²) in [6.45, 7) is 8.23. The lowest BCUT2D eigenvalue weighted by atomic mass is 10.0. The molecular formula is C22H26N4OS. The molecule has 0 aliphatic carbocycles. The van der Waals surface area contributed by atoms with Crippen LogP contribution in [0, 0.1) is 13.8 Å². The van der Waals surface area contributed by atoms with Crippen LogP contribution in [0.4, 0.5) is 5.82 Å². The molecule has 1 saturated heterocycles. The van der Waals surface area contributed by atoms with E-state index in [2.05, 4.69) is 42.3 Å². The van der Waals surface area contributed by atoms with Crippen molar-refractivity contribution >= 4 is 27.4 Å². The Bertz CT molecular complexity index is 1010. The molecule has 0 saturated carbocycles. The highest BCUT2D eigenvalue weighted by Gasteiger charge is 2.24. The van der Waals surface area contributed by atoms with Gasteiger partial charge in [-0.25, -0.2) is 9.97 Å². The second-order valence-corrected chi connectivity index (χ2v) is 9.01. The van der Waals surface area contributed by atoms with Crippen LogP contribution in [0.25, 0.3) is 10.2 Å². The van der Waals surface area contributed by atoms with Crippen LogP contribution in [0.15, 0.2) is 24.3 Å². The first kappa shape index (κ1) is 17.9. The standard InChI is InChI=1S/C22H26N4OS/c1-14-15(2)28-22-20(14)21(24-19(25-22)13-26-10-5-6-11-26)23-17-9-12-27-18-8-4-3-7-16(17)18/h3-4,7-8,17H,5-6,9-13H2,1-2H3,(H,23,24,25). The SMILES string of the molecule is Cc1sc2nc(CN3CCCC3)nc(NC3CCOc4ccccc43)c2c1C. The van der Waals surface area contributed by atoms with Gasteiger partial charge in [0.1, 0.15) is 22.2 Å². The summed E-state index contributed by atoms with van der Waals surface area (Å²) in [5, 5.41) is 4.93. The summed E-state index contributed by atoms with van der Waals surface area (Å²) in [6, 6.07) is 8.53. The lowest BCUT2D eigenvalue weighted by Gasteiger charge is -2.27. The molecule has 1 N–H and O–H groups in total. The van der Waals surface area contributed by atoms with E-state index >= 15 is 0 Å². The molecule has 0 radical (unpaired) electrons. The van der Waals surface area contributed by atoms with Crippen LogP contribution in [0.1, 0.15) is 47.1 Å². The van der Waals surface area contributed by atoms with Crippen molar-refractivity contribution in [3.63, 3.8) is 0 Å². The number of thiophene rings is 1. The summed E-state index contributed by atoms with van der Waals surface area (Å²) in [5.74, 6) is 2.88. The van der Waals surface area contributed by atoms with Gasteiger partial charge >= 0.3 is 0 Å². The molecule has 2 aliphatic heterocycles. The number of nitrogens with one attached hydrogen (secondary N) is 1. The van der Waals surface area contributed by atoms with Crippen molar-refractivity contribution in [1.82, 2.24) is 14.9 Å². The van der Waals surface area contributed by atoms with Crippen LogP contribution in [0.5, 0.6) is 5.75 Å². The Morgan fingerprint density at radius 3 is 2.86 bits per heavy atom. The highest BCUT2D eigenvalue weighted by molar-refractivity contribution is 7.18. The smallest absolute Gasteiger partial charge is 0.146 e. The van der Waals surface area contributed by atoms with E-state index in [4.69, 9.17) is 14.7 Å². The van der Waals surface area contributed by atoms with Gasteiger partial charge in [0, 0.05) is 16.9 Å². The van der Waals surface area contributed by atoms with Gasteiger partial charge in [0.2, 0.25) is 0 Å². The predicted octanol–water partition coefficient (Wildman–Crippen LogP) is 4.84. The van der Waals surface area contributed by atoms with E-state index < -0.39 is 0 Å². The molecule has 2 aliphatic rings. The maximum atomic E-state index is 5.84. The van der Waals surface area contributed by atoms with E-state index in [9.17, 15) is 0 Å². The average molecular weight is 395 g/mol. The van der Waals surface area contributed by atoms with Gasteiger partial charge in [-0.3, -0.25) is 4.90 Å². The minimum absolute atomic E-state index is 0.210. The van der Waals surface area contributed by atoms with Crippen molar-refractivity contribution in [3.05, 3.63) is 46.1 Å². The molecule has 0 spiro atoms. The number of aromatic nitrogens is 2. The molecule has 1 atom stereocenters. The number of likely N-dealkylation sites (tertiary alicyclic amines) is 1. The van der Waals surface area contributed by atoms with Crippen molar-refractivity contribution in [1.29, 1.82) is 0 Å². The second kappa shape index (κ2) is 7.33. The van der Waals surface area contributed by atoms with Crippen molar-refractivity contribution in [2.75, 3.05) is 25.0 Å². The van der Waals surface area contributed by atoms with Gasteiger partial charge in [0.25, 0.3) is 0 Å². The second-order valence-electron chi connectivity index (χ2n) is 7.81. The lowest BCUT2D eigenvalue weighted by molar-refractivity contribution is 0.274. The molecule has 1 unspecified atom stereocenters. The molecule has 28 heavy (non-hydrogen) atoms. The number of benzene rings is 1. The molecule has 0 bridgehead atoms. The van der Waals surface area contributed by atoms with E-state index in [0.29, 0.717) is 0 Å². The van der Waals surface area contributed by atoms with Crippen LogP contribution < -0.4 is 10.1 Å². The van der Waals surface area contributed by atoms with E-state index in [1.165, 1.54) is 34.2 Å². The molecule has 5 rings (SSSR count). The number of hydrogen-bond donors (Lipinski definition) is 1. The van der Waals surface area contributed by atoms with E-state index in [1.807, 2.05) is 6.07 Å². The quantitative estimate of drug-likeness (QED) is 0.686. The maximum absolute atomic E-state index is 5.84. The molecule has 1 aromatic carbocycles. The van der Waals surface area contributed by atoms with E-state index in [-0.39, 0.29) is 6.04 Å². The van der Waals surface area contributed by atoms with Crippen LogP contribution >= 0.6 is 11.3 Å². The average Bonchev–Trinajstić information content (AvgIpc) is 3.30. The largest absolute Gasteiger partial charge is 0.493 e. The zero-order valence-electron chi connectivity index (χ0n) is 16.5. The fourth-order valence-electron chi connectivity index (χ4n) is 4.27. The van der Waals surface area contributed by atoms with Gasteiger partial charge in [0.15, 0.2) is 0 Å². The third kappa shape index (κ3) is 3.25. The topological polar surface area (TPSA) is 50.3 Å². The minimum Gasteiger partial charge on any atom is -0.493 e. The number of ether oxygens (including phenoxy) is 1. The summed E-state index contributed by atoms with van der Waals surface area (Å²) >= 11 is 1.78. The number of anilines is 1. The van der Waals surface area contributed by atoms with Crippen LogP contribution in [-0.2, 0) is 6.54 Å². The summed E-state index contributed by atoms with van der Waals surface area (Å²) < 4.78 is 5.84.